The lowest BCUT2D eigenvalue weighted by atomic mass is 10.1. The van der Waals surface area contributed by atoms with Crippen LogP contribution in [0.25, 0.3) is 22.7 Å². The molecule has 0 saturated heterocycles. The molecule has 0 aliphatic carbocycles. The molecule has 5 heteroatoms. The minimum Gasteiger partial charge on any atom is -0.489 e. The molecule has 1 heterocycles. The maximum absolute atomic E-state index is 9.76. The van der Waals surface area contributed by atoms with Gasteiger partial charge in [-0.3, -0.25) is 0 Å². The van der Waals surface area contributed by atoms with Crippen LogP contribution in [0.3, 0.4) is 0 Å². The third kappa shape index (κ3) is 4.49. The fourth-order valence-electron chi connectivity index (χ4n) is 3.26. The van der Waals surface area contributed by atoms with Crippen LogP contribution in [0.5, 0.6) is 5.75 Å². The van der Waals surface area contributed by atoms with E-state index in [9.17, 15) is 5.26 Å². The summed E-state index contributed by atoms with van der Waals surface area (Å²) in [6, 6.07) is 14.3. The molecule has 0 amide bonds. The van der Waals surface area contributed by atoms with E-state index >= 15 is 0 Å². The molecule has 5 nitrogen and oxygen atoms in total. The van der Waals surface area contributed by atoms with Crippen molar-refractivity contribution < 1.29 is 4.74 Å². The molecule has 0 spiro atoms. The molecule has 0 radical (unpaired) electrons. The van der Waals surface area contributed by atoms with Crippen molar-refractivity contribution in [2.45, 2.75) is 20.8 Å². The minimum absolute atomic E-state index is 0.397. The predicted octanol–water partition coefficient (Wildman–Crippen LogP) is 5.35. The molecular formula is C24H26N4O. The molecule has 0 unspecified atom stereocenters. The molecule has 0 atom stereocenters. The van der Waals surface area contributed by atoms with Crippen molar-refractivity contribution in [1.82, 2.24) is 9.97 Å². The van der Waals surface area contributed by atoms with Gasteiger partial charge in [0.25, 0.3) is 0 Å². The van der Waals surface area contributed by atoms with Gasteiger partial charge in [-0.2, -0.15) is 5.26 Å². The van der Waals surface area contributed by atoms with E-state index in [4.69, 9.17) is 4.74 Å². The van der Waals surface area contributed by atoms with E-state index in [0.717, 1.165) is 40.9 Å². The number of aryl methyl sites for hydroxylation is 1. The Morgan fingerprint density at radius 3 is 2.72 bits per heavy atom. The number of nitriles is 1. The van der Waals surface area contributed by atoms with Crippen LogP contribution in [0.1, 0.15) is 30.8 Å². The van der Waals surface area contributed by atoms with Gasteiger partial charge in [-0.1, -0.05) is 18.7 Å². The van der Waals surface area contributed by atoms with E-state index < -0.39 is 0 Å². The Kier molecular flexibility index (Phi) is 6.36. The number of benzene rings is 2. The number of fused-ring (bicyclic) bond motifs is 1. The third-order valence-corrected chi connectivity index (χ3v) is 4.80. The molecule has 0 saturated carbocycles. The molecule has 29 heavy (non-hydrogen) atoms. The first-order valence-corrected chi connectivity index (χ1v) is 9.80. The van der Waals surface area contributed by atoms with Gasteiger partial charge in [-0.05, 0) is 56.7 Å². The summed E-state index contributed by atoms with van der Waals surface area (Å²) in [5.41, 5.74) is 5.27. The van der Waals surface area contributed by atoms with Gasteiger partial charge < -0.3 is 14.6 Å². The number of aromatic nitrogens is 2. The first-order valence-electron chi connectivity index (χ1n) is 9.80. The fraction of sp³-hybridized carbons (Fsp3) is 0.250. The fourth-order valence-corrected chi connectivity index (χ4v) is 3.26. The Morgan fingerprint density at radius 2 is 2.03 bits per heavy atom. The van der Waals surface area contributed by atoms with Crippen molar-refractivity contribution in [1.29, 1.82) is 5.26 Å². The number of imidazole rings is 1. The molecule has 3 rings (SSSR count). The smallest absolute Gasteiger partial charge is 0.149 e. The number of aromatic amines is 1. The van der Waals surface area contributed by atoms with Gasteiger partial charge in [0.05, 0.1) is 16.6 Å². The van der Waals surface area contributed by atoms with Crippen LogP contribution in [0.15, 0.2) is 49.1 Å². The monoisotopic (exact) mass is 386 g/mol. The minimum atomic E-state index is 0.397. The zero-order chi connectivity index (χ0) is 20.8. The van der Waals surface area contributed by atoms with Crippen molar-refractivity contribution in [2.75, 3.05) is 24.6 Å². The zero-order valence-corrected chi connectivity index (χ0v) is 17.2. The largest absolute Gasteiger partial charge is 0.489 e. The standard InChI is InChI=1S/C24H26N4O/c1-5-12-29-23-15-20(28(6-2)7-3)10-9-18(23)14-19(16-25)24-26-21-11-8-17(4)13-22(21)27-24/h5,8-11,13-15H,1,6-7,12H2,2-4H3,(H,26,27)/b19-14-. The quantitative estimate of drug-likeness (QED) is 0.419. The Bertz CT molecular complexity index is 1080. The van der Waals surface area contributed by atoms with Crippen molar-refractivity contribution in [2.24, 2.45) is 0 Å². The first-order chi connectivity index (χ1) is 14.1. The van der Waals surface area contributed by atoms with Gasteiger partial charge in [0, 0.05) is 30.4 Å². The number of ether oxygens (including phenoxy) is 1. The van der Waals surface area contributed by atoms with Crippen LogP contribution < -0.4 is 9.64 Å². The highest BCUT2D eigenvalue weighted by Gasteiger charge is 2.12. The first kappa shape index (κ1) is 20.2. The molecule has 1 aromatic heterocycles. The van der Waals surface area contributed by atoms with Gasteiger partial charge in [-0.25, -0.2) is 4.98 Å². The molecule has 2 aromatic carbocycles. The van der Waals surface area contributed by atoms with E-state index in [1.165, 1.54) is 0 Å². The molecular weight excluding hydrogens is 360 g/mol. The number of anilines is 1. The van der Waals surface area contributed by atoms with Crippen LogP contribution in [0, 0.1) is 18.3 Å². The van der Waals surface area contributed by atoms with Crippen molar-refractivity contribution in [3.05, 3.63) is 66.0 Å². The number of hydrogen-bond acceptors (Lipinski definition) is 4. The Hall–Kier alpha value is -3.52. The molecule has 0 fully saturated rings. The predicted molar refractivity (Wildman–Crippen MR) is 120 cm³/mol. The molecule has 148 valence electrons. The van der Waals surface area contributed by atoms with Crippen LogP contribution in [-0.2, 0) is 0 Å². The number of rotatable bonds is 8. The summed E-state index contributed by atoms with van der Waals surface area (Å²) in [7, 11) is 0. The van der Waals surface area contributed by atoms with Crippen LogP contribution >= 0.6 is 0 Å². The maximum Gasteiger partial charge on any atom is 0.149 e. The number of hydrogen-bond donors (Lipinski definition) is 1. The van der Waals surface area contributed by atoms with Gasteiger partial charge in [0.1, 0.15) is 24.3 Å². The Labute approximate surface area is 172 Å². The molecule has 0 aliphatic rings. The lowest BCUT2D eigenvalue weighted by molar-refractivity contribution is 0.362. The SMILES string of the molecule is C=CCOc1cc(N(CC)CC)ccc1/C=C(/C#N)c1nc2ccc(C)cc2[nH]1. The number of allylic oxidation sites excluding steroid dienone is 1. The molecule has 1 N–H and O–H groups in total. The van der Waals surface area contributed by atoms with Gasteiger partial charge in [-0.15, -0.1) is 0 Å². The highest BCUT2D eigenvalue weighted by atomic mass is 16.5. The number of H-pyrrole nitrogens is 1. The summed E-state index contributed by atoms with van der Waals surface area (Å²) in [5, 5.41) is 9.76. The molecule has 3 aromatic rings. The summed E-state index contributed by atoms with van der Waals surface area (Å²) >= 11 is 0. The van der Waals surface area contributed by atoms with Crippen LogP contribution in [0.4, 0.5) is 5.69 Å². The lowest BCUT2D eigenvalue weighted by Gasteiger charge is -2.22. The second kappa shape index (κ2) is 9.11. The van der Waals surface area contributed by atoms with E-state index in [1.54, 1.807) is 6.08 Å². The summed E-state index contributed by atoms with van der Waals surface area (Å²) in [5.74, 6) is 1.27. The summed E-state index contributed by atoms with van der Waals surface area (Å²) in [6.45, 7) is 12.2. The van der Waals surface area contributed by atoms with Gasteiger partial charge in [0.2, 0.25) is 0 Å². The van der Waals surface area contributed by atoms with Crippen LogP contribution in [0.2, 0.25) is 0 Å². The van der Waals surface area contributed by atoms with E-state index in [2.05, 4.69) is 47.4 Å². The maximum atomic E-state index is 9.76. The number of nitrogens with one attached hydrogen (secondary N) is 1. The average molecular weight is 386 g/mol. The second-order valence-corrected chi connectivity index (χ2v) is 6.77. The highest BCUT2D eigenvalue weighted by molar-refractivity contribution is 5.91. The summed E-state index contributed by atoms with van der Waals surface area (Å²) in [4.78, 5) is 10.1. The summed E-state index contributed by atoms with van der Waals surface area (Å²) < 4.78 is 5.89. The zero-order valence-electron chi connectivity index (χ0n) is 17.2. The van der Waals surface area contributed by atoms with Gasteiger partial charge >= 0.3 is 0 Å². The lowest BCUT2D eigenvalue weighted by Crippen LogP contribution is -2.21. The van der Waals surface area contributed by atoms with Crippen molar-refractivity contribution in [3.8, 4) is 11.8 Å². The van der Waals surface area contributed by atoms with E-state index in [-0.39, 0.29) is 0 Å². The van der Waals surface area contributed by atoms with Crippen molar-refractivity contribution >= 4 is 28.4 Å². The van der Waals surface area contributed by atoms with Gasteiger partial charge in [0.15, 0.2) is 0 Å². The van der Waals surface area contributed by atoms with E-state index in [1.807, 2.05) is 43.3 Å². The second-order valence-electron chi connectivity index (χ2n) is 6.77. The van der Waals surface area contributed by atoms with E-state index in [0.29, 0.717) is 23.8 Å². The topological polar surface area (TPSA) is 64.9 Å². The summed E-state index contributed by atoms with van der Waals surface area (Å²) in [6.07, 6.45) is 3.53. The molecule has 0 aliphatic heterocycles. The van der Waals surface area contributed by atoms with Crippen molar-refractivity contribution in [3.63, 3.8) is 0 Å². The molecule has 0 bridgehead atoms. The highest BCUT2D eigenvalue weighted by Crippen LogP contribution is 2.29. The Balaban J connectivity index is 2.04. The number of nitrogens with zero attached hydrogens (tertiary/aromatic N) is 3. The normalized spacial score (nSPS) is 11.3. The Morgan fingerprint density at radius 1 is 1.24 bits per heavy atom. The van der Waals surface area contributed by atoms with Crippen LogP contribution in [-0.4, -0.2) is 29.7 Å². The average Bonchev–Trinajstić information content (AvgIpc) is 3.15. The third-order valence-electron chi connectivity index (χ3n) is 4.80.